The molecule has 3 rings (SSSR count). The van der Waals surface area contributed by atoms with Crippen LogP contribution >= 0.6 is 11.3 Å². The molecule has 1 N–H and O–H groups in total. The summed E-state index contributed by atoms with van der Waals surface area (Å²) < 4.78 is 0. The first-order valence-corrected chi connectivity index (χ1v) is 8.24. The van der Waals surface area contributed by atoms with Crippen LogP contribution in [0.3, 0.4) is 0 Å². The molecule has 0 radical (unpaired) electrons. The van der Waals surface area contributed by atoms with E-state index >= 15 is 0 Å². The fourth-order valence-electron chi connectivity index (χ4n) is 2.10. The van der Waals surface area contributed by atoms with Crippen LogP contribution in [0.4, 0.5) is 10.8 Å². The van der Waals surface area contributed by atoms with Gasteiger partial charge in [-0.1, -0.05) is 30.3 Å². The Labute approximate surface area is 147 Å². The molecule has 0 spiro atoms. The van der Waals surface area contributed by atoms with Crippen LogP contribution in [-0.4, -0.2) is 15.8 Å². The van der Waals surface area contributed by atoms with Crippen molar-refractivity contribution in [2.75, 3.05) is 5.32 Å². The van der Waals surface area contributed by atoms with Crippen molar-refractivity contribution in [1.29, 1.82) is 0 Å². The quantitative estimate of drug-likeness (QED) is 0.420. The minimum atomic E-state index is -0.449. The maximum Gasteiger partial charge on any atom is 0.269 e. The van der Waals surface area contributed by atoms with Crippen molar-refractivity contribution in [3.8, 4) is 11.3 Å². The summed E-state index contributed by atoms with van der Waals surface area (Å²) >= 11 is 1.29. The van der Waals surface area contributed by atoms with Crippen molar-refractivity contribution in [1.82, 2.24) is 4.98 Å². The van der Waals surface area contributed by atoms with Crippen LogP contribution in [0.25, 0.3) is 17.3 Å². The van der Waals surface area contributed by atoms with Crippen molar-refractivity contribution in [2.45, 2.75) is 0 Å². The molecular weight excluding hydrogens is 338 g/mol. The standard InChI is InChI=1S/C18H13N3O3S/c22-17(11-6-13-4-2-1-3-5-13)20-18-19-16(12-25-18)14-7-9-15(10-8-14)21(23)24/h1-12H,(H,19,20,22)/b11-6+. The van der Waals surface area contributed by atoms with E-state index in [9.17, 15) is 14.9 Å². The number of carbonyl (C=O) groups excluding carboxylic acids is 1. The zero-order valence-corrected chi connectivity index (χ0v) is 13.8. The van der Waals surface area contributed by atoms with Crippen molar-refractivity contribution in [3.63, 3.8) is 0 Å². The summed E-state index contributed by atoms with van der Waals surface area (Å²) in [6.07, 6.45) is 3.17. The van der Waals surface area contributed by atoms with Gasteiger partial charge in [0.15, 0.2) is 5.13 Å². The summed E-state index contributed by atoms with van der Waals surface area (Å²) in [5.41, 5.74) is 2.37. The van der Waals surface area contributed by atoms with E-state index in [2.05, 4.69) is 10.3 Å². The first-order chi connectivity index (χ1) is 12.1. The summed E-state index contributed by atoms with van der Waals surface area (Å²) in [7, 11) is 0. The van der Waals surface area contributed by atoms with Crippen LogP contribution < -0.4 is 5.32 Å². The number of amides is 1. The third-order valence-electron chi connectivity index (χ3n) is 3.33. The van der Waals surface area contributed by atoms with Crippen molar-refractivity contribution >= 4 is 34.1 Å². The highest BCUT2D eigenvalue weighted by molar-refractivity contribution is 7.14. The van der Waals surface area contributed by atoms with E-state index < -0.39 is 4.92 Å². The molecule has 1 amide bonds. The third kappa shape index (κ3) is 4.36. The molecule has 0 atom stereocenters. The molecule has 1 aromatic heterocycles. The highest BCUT2D eigenvalue weighted by atomic mass is 32.1. The van der Waals surface area contributed by atoms with Crippen molar-refractivity contribution in [2.24, 2.45) is 0 Å². The molecule has 0 saturated heterocycles. The van der Waals surface area contributed by atoms with Crippen LogP contribution in [0, 0.1) is 10.1 Å². The first-order valence-electron chi connectivity index (χ1n) is 7.36. The summed E-state index contributed by atoms with van der Waals surface area (Å²) in [5, 5.41) is 15.6. The van der Waals surface area contributed by atoms with E-state index in [-0.39, 0.29) is 11.6 Å². The molecule has 124 valence electrons. The van der Waals surface area contributed by atoms with Gasteiger partial charge in [0.2, 0.25) is 5.91 Å². The van der Waals surface area contributed by atoms with Gasteiger partial charge in [-0.15, -0.1) is 11.3 Å². The number of aromatic nitrogens is 1. The maximum atomic E-state index is 11.9. The van der Waals surface area contributed by atoms with Crippen LogP contribution in [-0.2, 0) is 4.79 Å². The van der Waals surface area contributed by atoms with Gasteiger partial charge in [-0.05, 0) is 23.8 Å². The second-order valence-corrected chi connectivity index (χ2v) is 5.93. The lowest BCUT2D eigenvalue weighted by Gasteiger charge is -1.97. The molecule has 0 aliphatic rings. The Balaban J connectivity index is 1.66. The van der Waals surface area contributed by atoms with Gasteiger partial charge in [-0.25, -0.2) is 4.98 Å². The average Bonchev–Trinajstić information content (AvgIpc) is 3.09. The lowest BCUT2D eigenvalue weighted by molar-refractivity contribution is -0.384. The number of hydrogen-bond donors (Lipinski definition) is 1. The van der Waals surface area contributed by atoms with Gasteiger partial charge >= 0.3 is 0 Å². The van der Waals surface area contributed by atoms with Crippen LogP contribution in [0.15, 0.2) is 66.1 Å². The van der Waals surface area contributed by atoms with Crippen molar-refractivity contribution in [3.05, 3.63) is 81.7 Å². The van der Waals surface area contributed by atoms with E-state index in [1.807, 2.05) is 30.3 Å². The molecule has 0 bridgehead atoms. The van der Waals surface area contributed by atoms with E-state index in [1.165, 1.54) is 29.5 Å². The van der Waals surface area contributed by atoms with Gasteiger partial charge in [-0.3, -0.25) is 20.2 Å². The SMILES string of the molecule is O=C(/C=C/c1ccccc1)Nc1nc(-c2ccc([N+](=O)[O-])cc2)cs1. The Kier molecular flexibility index (Phi) is 4.96. The molecular formula is C18H13N3O3S. The Bertz CT molecular complexity index is 918. The van der Waals surface area contributed by atoms with E-state index in [0.29, 0.717) is 10.8 Å². The topological polar surface area (TPSA) is 85.1 Å². The van der Waals surface area contributed by atoms with Gasteiger partial charge in [0.05, 0.1) is 10.6 Å². The predicted molar refractivity (Wildman–Crippen MR) is 98.3 cm³/mol. The monoisotopic (exact) mass is 351 g/mol. The van der Waals surface area contributed by atoms with Gasteiger partial charge < -0.3 is 0 Å². The number of nitrogens with zero attached hydrogens (tertiary/aromatic N) is 2. The average molecular weight is 351 g/mol. The molecule has 0 saturated carbocycles. The summed E-state index contributed by atoms with van der Waals surface area (Å²) in [6, 6.07) is 15.6. The number of carbonyl (C=O) groups is 1. The number of nitro benzene ring substituents is 1. The van der Waals surface area contributed by atoms with Crippen molar-refractivity contribution < 1.29 is 9.72 Å². The van der Waals surface area contributed by atoms with Crippen LogP contribution in [0.1, 0.15) is 5.56 Å². The van der Waals surface area contributed by atoms with E-state index in [0.717, 1.165) is 11.1 Å². The molecule has 2 aromatic carbocycles. The van der Waals surface area contributed by atoms with Gasteiger partial charge in [0, 0.05) is 29.2 Å². The fraction of sp³-hybridized carbons (Fsp3) is 0. The molecule has 25 heavy (non-hydrogen) atoms. The molecule has 6 nitrogen and oxygen atoms in total. The fourth-order valence-corrected chi connectivity index (χ4v) is 2.82. The second-order valence-electron chi connectivity index (χ2n) is 5.08. The Morgan fingerprint density at radius 1 is 1.12 bits per heavy atom. The van der Waals surface area contributed by atoms with Crippen LogP contribution in [0.5, 0.6) is 0 Å². The predicted octanol–water partition coefficient (Wildman–Crippen LogP) is 4.37. The Morgan fingerprint density at radius 3 is 2.52 bits per heavy atom. The number of anilines is 1. The maximum absolute atomic E-state index is 11.9. The third-order valence-corrected chi connectivity index (χ3v) is 4.09. The number of thiazole rings is 1. The first kappa shape index (κ1) is 16.5. The van der Waals surface area contributed by atoms with E-state index in [1.54, 1.807) is 23.6 Å². The van der Waals surface area contributed by atoms with Gasteiger partial charge in [-0.2, -0.15) is 0 Å². The van der Waals surface area contributed by atoms with Gasteiger partial charge in [0.1, 0.15) is 0 Å². The van der Waals surface area contributed by atoms with E-state index in [4.69, 9.17) is 0 Å². The van der Waals surface area contributed by atoms with Crippen LogP contribution in [0.2, 0.25) is 0 Å². The molecule has 1 heterocycles. The number of rotatable bonds is 5. The zero-order valence-electron chi connectivity index (χ0n) is 13.0. The van der Waals surface area contributed by atoms with Gasteiger partial charge in [0.25, 0.3) is 5.69 Å². The number of non-ortho nitro benzene ring substituents is 1. The molecule has 0 unspecified atom stereocenters. The smallest absolute Gasteiger partial charge is 0.269 e. The molecule has 3 aromatic rings. The molecule has 0 aliphatic heterocycles. The molecule has 0 fully saturated rings. The zero-order chi connectivity index (χ0) is 17.6. The Hall–Kier alpha value is -3.32. The Morgan fingerprint density at radius 2 is 1.84 bits per heavy atom. The lowest BCUT2D eigenvalue weighted by atomic mass is 10.1. The number of nitrogens with one attached hydrogen (secondary N) is 1. The summed E-state index contributed by atoms with van der Waals surface area (Å²) in [5.74, 6) is -0.270. The lowest BCUT2D eigenvalue weighted by Crippen LogP contribution is -2.07. The summed E-state index contributed by atoms with van der Waals surface area (Å²) in [6.45, 7) is 0. The number of nitro groups is 1. The molecule has 0 aliphatic carbocycles. The number of benzene rings is 2. The normalized spacial score (nSPS) is 10.7. The number of hydrogen-bond acceptors (Lipinski definition) is 5. The summed E-state index contributed by atoms with van der Waals surface area (Å²) in [4.78, 5) is 26.5. The largest absolute Gasteiger partial charge is 0.298 e. The second kappa shape index (κ2) is 7.50. The minimum Gasteiger partial charge on any atom is -0.298 e. The molecule has 7 heteroatoms. The highest BCUT2D eigenvalue weighted by Gasteiger charge is 2.09. The highest BCUT2D eigenvalue weighted by Crippen LogP contribution is 2.26. The minimum absolute atomic E-state index is 0.0264.